The van der Waals surface area contributed by atoms with Crippen LogP contribution in [-0.4, -0.2) is 7.69 Å². The summed E-state index contributed by atoms with van der Waals surface area (Å²) in [6, 6.07) is 9.93. The van der Waals surface area contributed by atoms with E-state index in [0.29, 0.717) is 31.6 Å². The number of halogens is 4. The summed E-state index contributed by atoms with van der Waals surface area (Å²) in [6.07, 6.45) is 0. The van der Waals surface area contributed by atoms with Gasteiger partial charge in [0.25, 0.3) is 0 Å². The van der Waals surface area contributed by atoms with Gasteiger partial charge in [0.2, 0.25) is 0 Å². The van der Waals surface area contributed by atoms with Crippen LogP contribution in [0.3, 0.4) is 0 Å². The van der Waals surface area contributed by atoms with Crippen molar-refractivity contribution in [2.45, 2.75) is 0 Å². The molecule has 98 valence electrons. The van der Waals surface area contributed by atoms with Gasteiger partial charge in [0.1, 0.15) is 11.5 Å². The van der Waals surface area contributed by atoms with E-state index in [4.69, 9.17) is 55.7 Å². The first-order valence-electron chi connectivity index (χ1n) is 5.22. The van der Waals surface area contributed by atoms with Crippen LogP contribution < -0.4 is 9.31 Å². The minimum atomic E-state index is 0.0237. The zero-order chi connectivity index (χ0) is 13.8. The molecule has 0 amide bonds. The predicted molar refractivity (Wildman–Crippen MR) is 81.3 cm³/mol. The summed E-state index contributed by atoms with van der Waals surface area (Å²) >= 11 is 23.3. The molecular formula is C12H7BCl4O2. The molecule has 2 aromatic carbocycles. The van der Waals surface area contributed by atoms with Crippen LogP contribution in [0.5, 0.6) is 11.5 Å². The Bertz CT molecular complexity index is 540. The van der Waals surface area contributed by atoms with Crippen molar-refractivity contribution < 1.29 is 9.31 Å². The highest BCUT2D eigenvalue weighted by molar-refractivity contribution is 6.42. The van der Waals surface area contributed by atoms with Crippen LogP contribution in [0.2, 0.25) is 20.1 Å². The lowest BCUT2D eigenvalue weighted by Gasteiger charge is -2.08. The van der Waals surface area contributed by atoms with Crippen LogP contribution >= 0.6 is 46.4 Å². The second kappa shape index (κ2) is 6.62. The Morgan fingerprint density at radius 3 is 1.42 bits per heavy atom. The highest BCUT2D eigenvalue weighted by atomic mass is 35.5. The molecule has 0 saturated carbocycles. The Hall–Kier alpha value is -0.735. The smallest absolute Gasteiger partial charge is 0.528 e. The van der Waals surface area contributed by atoms with Crippen molar-refractivity contribution in [2.75, 3.05) is 0 Å². The van der Waals surface area contributed by atoms with Gasteiger partial charge in [-0.2, -0.15) is 0 Å². The van der Waals surface area contributed by atoms with Crippen LogP contribution in [-0.2, 0) is 0 Å². The standard InChI is InChI=1S/C12H7BCl4O2/c14-9-3-1-7(5-11(9)16)18-13-19-8-2-4-10(15)12(17)6-8/h1-6,13H. The Morgan fingerprint density at radius 2 is 1.05 bits per heavy atom. The Balaban J connectivity index is 1.92. The lowest BCUT2D eigenvalue weighted by atomic mass is 10.3. The first-order chi connectivity index (χ1) is 9.06. The molecule has 7 heteroatoms. The van der Waals surface area contributed by atoms with Gasteiger partial charge >= 0.3 is 7.69 Å². The van der Waals surface area contributed by atoms with E-state index in [9.17, 15) is 0 Å². The molecule has 0 aliphatic heterocycles. The van der Waals surface area contributed by atoms with E-state index in [1.54, 1.807) is 36.4 Å². The summed E-state index contributed by atoms with van der Waals surface area (Å²) in [5.74, 6) is 1.13. The first-order valence-corrected chi connectivity index (χ1v) is 6.73. The molecule has 0 atom stereocenters. The van der Waals surface area contributed by atoms with Crippen molar-refractivity contribution in [1.29, 1.82) is 0 Å². The lowest BCUT2D eigenvalue weighted by Crippen LogP contribution is -2.10. The van der Waals surface area contributed by atoms with E-state index < -0.39 is 0 Å². The van der Waals surface area contributed by atoms with Crippen molar-refractivity contribution in [1.82, 2.24) is 0 Å². The zero-order valence-corrected chi connectivity index (χ0v) is 12.5. The summed E-state index contributed by atoms with van der Waals surface area (Å²) in [6.45, 7) is 0. The number of hydrogen-bond acceptors (Lipinski definition) is 2. The summed E-state index contributed by atoms with van der Waals surface area (Å²) in [4.78, 5) is 0. The highest BCUT2D eigenvalue weighted by Crippen LogP contribution is 2.27. The third kappa shape index (κ3) is 4.12. The van der Waals surface area contributed by atoms with Crippen LogP contribution in [0.1, 0.15) is 0 Å². The minimum absolute atomic E-state index is 0.0237. The van der Waals surface area contributed by atoms with Crippen LogP contribution in [0.4, 0.5) is 0 Å². The SMILES string of the molecule is Clc1ccc(OBOc2ccc(Cl)c(Cl)c2)cc1Cl. The van der Waals surface area contributed by atoms with Gasteiger partial charge in [-0.1, -0.05) is 46.4 Å². The van der Waals surface area contributed by atoms with Crippen LogP contribution in [0.15, 0.2) is 36.4 Å². The van der Waals surface area contributed by atoms with Gasteiger partial charge in [0, 0.05) is 0 Å². The summed E-state index contributed by atoms with van der Waals surface area (Å²) in [5, 5.41) is 1.79. The van der Waals surface area contributed by atoms with Gasteiger partial charge in [-0.3, -0.25) is 0 Å². The van der Waals surface area contributed by atoms with Crippen molar-refractivity contribution in [3.63, 3.8) is 0 Å². The molecule has 2 nitrogen and oxygen atoms in total. The minimum Gasteiger partial charge on any atom is -0.528 e. The fourth-order valence-electron chi connectivity index (χ4n) is 1.30. The Labute approximate surface area is 131 Å². The summed E-state index contributed by atoms with van der Waals surface area (Å²) < 4.78 is 10.7. The maximum Gasteiger partial charge on any atom is 0.576 e. The van der Waals surface area contributed by atoms with Gasteiger partial charge in [-0.05, 0) is 36.4 Å². The van der Waals surface area contributed by atoms with Crippen molar-refractivity contribution in [3.05, 3.63) is 56.5 Å². The van der Waals surface area contributed by atoms with E-state index in [2.05, 4.69) is 0 Å². The van der Waals surface area contributed by atoms with Crippen molar-refractivity contribution in [2.24, 2.45) is 0 Å². The molecule has 0 heterocycles. The maximum atomic E-state index is 5.86. The Kier molecular flexibility index (Phi) is 5.11. The second-order valence-corrected chi connectivity index (χ2v) is 5.19. The monoisotopic (exact) mass is 334 g/mol. The second-order valence-electron chi connectivity index (χ2n) is 3.56. The first kappa shape index (κ1) is 14.7. The lowest BCUT2D eigenvalue weighted by molar-refractivity contribution is 0.459. The molecule has 0 aliphatic rings. The topological polar surface area (TPSA) is 18.5 Å². The van der Waals surface area contributed by atoms with Gasteiger partial charge in [0.05, 0.1) is 20.1 Å². The summed E-state index contributed by atoms with van der Waals surface area (Å²) in [7, 11) is 0.0237. The van der Waals surface area contributed by atoms with E-state index >= 15 is 0 Å². The van der Waals surface area contributed by atoms with Gasteiger partial charge in [-0.25, -0.2) is 0 Å². The zero-order valence-electron chi connectivity index (χ0n) is 9.50. The van der Waals surface area contributed by atoms with Crippen LogP contribution in [0, 0.1) is 0 Å². The molecule has 0 unspecified atom stereocenters. The van der Waals surface area contributed by atoms with Crippen molar-refractivity contribution >= 4 is 54.1 Å². The number of hydrogen-bond donors (Lipinski definition) is 0. The molecule has 19 heavy (non-hydrogen) atoms. The fourth-order valence-corrected chi connectivity index (χ4v) is 1.87. The third-order valence-electron chi connectivity index (χ3n) is 2.23. The molecule has 0 radical (unpaired) electrons. The average molecular weight is 336 g/mol. The van der Waals surface area contributed by atoms with Gasteiger partial charge in [0.15, 0.2) is 0 Å². The van der Waals surface area contributed by atoms with Crippen LogP contribution in [0.25, 0.3) is 0 Å². The largest absolute Gasteiger partial charge is 0.576 e. The normalized spacial score (nSPS) is 10.1. The molecule has 0 aromatic heterocycles. The molecule has 2 rings (SSSR count). The molecule has 0 aliphatic carbocycles. The van der Waals surface area contributed by atoms with E-state index in [0.717, 1.165) is 0 Å². The molecule has 0 spiro atoms. The van der Waals surface area contributed by atoms with E-state index in [-0.39, 0.29) is 7.69 Å². The van der Waals surface area contributed by atoms with E-state index in [1.807, 2.05) is 0 Å². The summed E-state index contributed by atoms with van der Waals surface area (Å²) in [5.41, 5.74) is 0. The molecule has 0 saturated heterocycles. The average Bonchev–Trinajstić information content (AvgIpc) is 2.38. The maximum absolute atomic E-state index is 5.86. The number of benzene rings is 2. The molecule has 0 fully saturated rings. The molecule has 2 aromatic rings. The highest BCUT2D eigenvalue weighted by Gasteiger charge is 2.04. The number of rotatable bonds is 4. The quantitative estimate of drug-likeness (QED) is 0.730. The Morgan fingerprint density at radius 1 is 0.632 bits per heavy atom. The third-order valence-corrected chi connectivity index (χ3v) is 3.71. The molecule has 0 N–H and O–H groups in total. The molecular weight excluding hydrogens is 329 g/mol. The molecule has 0 bridgehead atoms. The van der Waals surface area contributed by atoms with Crippen molar-refractivity contribution in [3.8, 4) is 11.5 Å². The predicted octanol–water partition coefficient (Wildman–Crippen LogP) is 5.02. The van der Waals surface area contributed by atoms with Gasteiger partial charge in [-0.15, -0.1) is 0 Å². The fraction of sp³-hybridized carbons (Fsp3) is 0. The van der Waals surface area contributed by atoms with E-state index in [1.165, 1.54) is 0 Å². The van der Waals surface area contributed by atoms with Gasteiger partial charge < -0.3 is 9.31 Å².